The third kappa shape index (κ3) is 3.35. The molecule has 1 aliphatic carbocycles. The Bertz CT molecular complexity index is 363. The first-order valence-corrected chi connectivity index (χ1v) is 6.88. The van der Waals surface area contributed by atoms with Crippen LogP contribution in [0, 0.1) is 5.92 Å². The Labute approximate surface area is 113 Å². The zero-order chi connectivity index (χ0) is 14.0. The summed E-state index contributed by atoms with van der Waals surface area (Å²) in [6, 6.07) is 0. The van der Waals surface area contributed by atoms with Gasteiger partial charge in [0.15, 0.2) is 6.29 Å². The molecule has 5 nitrogen and oxygen atoms in total. The fourth-order valence-corrected chi connectivity index (χ4v) is 2.46. The van der Waals surface area contributed by atoms with Crippen molar-refractivity contribution in [3.63, 3.8) is 0 Å². The zero-order valence-electron chi connectivity index (χ0n) is 11.7. The maximum atomic E-state index is 11.7. The first-order valence-electron chi connectivity index (χ1n) is 6.88. The SMILES string of the molecule is CCOC(=O)C1=CC2OC(CC(C)C)OC2C(O)C1. The van der Waals surface area contributed by atoms with Crippen LogP contribution in [-0.4, -0.2) is 42.3 Å². The van der Waals surface area contributed by atoms with E-state index in [1.165, 1.54) is 0 Å². The van der Waals surface area contributed by atoms with Gasteiger partial charge in [-0.25, -0.2) is 4.79 Å². The molecule has 0 bridgehead atoms. The average Bonchev–Trinajstić information content (AvgIpc) is 2.71. The van der Waals surface area contributed by atoms with E-state index in [4.69, 9.17) is 14.2 Å². The summed E-state index contributed by atoms with van der Waals surface area (Å²) in [5.41, 5.74) is 0.476. The molecule has 1 N–H and O–H groups in total. The van der Waals surface area contributed by atoms with E-state index < -0.39 is 6.10 Å². The summed E-state index contributed by atoms with van der Waals surface area (Å²) in [5, 5.41) is 10.1. The molecule has 0 aromatic rings. The molecule has 1 aliphatic heterocycles. The molecule has 0 spiro atoms. The zero-order valence-corrected chi connectivity index (χ0v) is 11.7. The van der Waals surface area contributed by atoms with Gasteiger partial charge < -0.3 is 19.3 Å². The molecule has 1 fully saturated rings. The summed E-state index contributed by atoms with van der Waals surface area (Å²) in [6.07, 6.45) is 1.03. The van der Waals surface area contributed by atoms with E-state index in [0.29, 0.717) is 18.1 Å². The summed E-state index contributed by atoms with van der Waals surface area (Å²) < 4.78 is 16.4. The van der Waals surface area contributed by atoms with Crippen molar-refractivity contribution < 1.29 is 24.1 Å². The van der Waals surface area contributed by atoms with Crippen LogP contribution in [0.15, 0.2) is 11.6 Å². The fourth-order valence-electron chi connectivity index (χ4n) is 2.46. The summed E-state index contributed by atoms with van der Waals surface area (Å²) in [7, 11) is 0. The van der Waals surface area contributed by atoms with E-state index in [1.807, 2.05) is 0 Å². The van der Waals surface area contributed by atoms with Crippen LogP contribution in [0.4, 0.5) is 0 Å². The molecule has 0 saturated carbocycles. The monoisotopic (exact) mass is 270 g/mol. The van der Waals surface area contributed by atoms with Crippen molar-refractivity contribution in [3.05, 3.63) is 11.6 Å². The first kappa shape index (κ1) is 14.5. The number of rotatable bonds is 4. The molecule has 0 aromatic heterocycles. The van der Waals surface area contributed by atoms with Crippen LogP contribution in [0.3, 0.4) is 0 Å². The number of carbonyl (C=O) groups is 1. The van der Waals surface area contributed by atoms with Gasteiger partial charge in [-0.05, 0) is 18.9 Å². The van der Waals surface area contributed by atoms with Gasteiger partial charge in [0.2, 0.25) is 0 Å². The van der Waals surface area contributed by atoms with Crippen LogP contribution in [0.1, 0.15) is 33.6 Å². The van der Waals surface area contributed by atoms with Gasteiger partial charge in [-0.2, -0.15) is 0 Å². The number of aliphatic hydroxyl groups is 1. The predicted molar refractivity (Wildman–Crippen MR) is 68.3 cm³/mol. The fraction of sp³-hybridized carbons (Fsp3) is 0.786. The number of carbonyl (C=O) groups excluding carboxylic acids is 1. The molecule has 2 rings (SSSR count). The van der Waals surface area contributed by atoms with E-state index in [9.17, 15) is 9.90 Å². The number of esters is 1. The van der Waals surface area contributed by atoms with Gasteiger partial charge in [0, 0.05) is 18.4 Å². The Morgan fingerprint density at radius 3 is 2.89 bits per heavy atom. The highest BCUT2D eigenvalue weighted by molar-refractivity contribution is 5.88. The quantitative estimate of drug-likeness (QED) is 0.782. The Balaban J connectivity index is 2.04. The first-order chi connectivity index (χ1) is 9.01. The second-order valence-corrected chi connectivity index (χ2v) is 5.44. The smallest absolute Gasteiger partial charge is 0.333 e. The van der Waals surface area contributed by atoms with E-state index in [1.54, 1.807) is 13.0 Å². The Hall–Kier alpha value is -0.910. The van der Waals surface area contributed by atoms with Gasteiger partial charge in [0.1, 0.15) is 12.2 Å². The predicted octanol–water partition coefficient (Wildman–Crippen LogP) is 1.40. The standard InChI is InChI=1S/C14H22O5/c1-4-17-14(16)9-6-10(15)13-11(7-9)18-12(19-13)5-8(2)3/h7-8,10-13,15H,4-6H2,1-3H3. The van der Waals surface area contributed by atoms with E-state index in [2.05, 4.69) is 13.8 Å². The van der Waals surface area contributed by atoms with Crippen molar-refractivity contribution in [2.24, 2.45) is 5.92 Å². The number of hydrogen-bond donors (Lipinski definition) is 1. The molecule has 2 aliphatic rings. The molecule has 4 unspecified atom stereocenters. The highest BCUT2D eigenvalue weighted by Crippen LogP contribution is 2.33. The lowest BCUT2D eigenvalue weighted by Crippen LogP contribution is -2.39. The van der Waals surface area contributed by atoms with Crippen LogP contribution in [0.25, 0.3) is 0 Å². The molecule has 0 aromatic carbocycles. The lowest BCUT2D eigenvalue weighted by molar-refractivity contribution is -0.139. The van der Waals surface area contributed by atoms with E-state index >= 15 is 0 Å². The van der Waals surface area contributed by atoms with E-state index in [-0.39, 0.29) is 30.9 Å². The largest absolute Gasteiger partial charge is 0.463 e. The topological polar surface area (TPSA) is 65.0 Å². The Morgan fingerprint density at radius 2 is 2.26 bits per heavy atom. The van der Waals surface area contributed by atoms with Gasteiger partial charge >= 0.3 is 5.97 Å². The van der Waals surface area contributed by atoms with Crippen molar-refractivity contribution in [2.45, 2.75) is 58.2 Å². The van der Waals surface area contributed by atoms with Gasteiger partial charge in [0.25, 0.3) is 0 Å². The van der Waals surface area contributed by atoms with Crippen molar-refractivity contribution >= 4 is 5.97 Å². The minimum absolute atomic E-state index is 0.262. The molecule has 1 saturated heterocycles. The highest BCUT2D eigenvalue weighted by Gasteiger charge is 2.43. The van der Waals surface area contributed by atoms with Crippen LogP contribution in [-0.2, 0) is 19.0 Å². The maximum Gasteiger partial charge on any atom is 0.333 e. The molecule has 19 heavy (non-hydrogen) atoms. The summed E-state index contributed by atoms with van der Waals surface area (Å²) in [5.74, 6) is 0.0757. The maximum absolute atomic E-state index is 11.7. The summed E-state index contributed by atoms with van der Waals surface area (Å²) in [4.78, 5) is 11.7. The third-order valence-corrected chi connectivity index (χ3v) is 3.32. The molecule has 0 amide bonds. The normalized spacial score (nSPS) is 34.1. The molecular weight excluding hydrogens is 248 g/mol. The van der Waals surface area contributed by atoms with Crippen molar-refractivity contribution in [3.8, 4) is 0 Å². The minimum Gasteiger partial charge on any atom is -0.463 e. The molecular formula is C14H22O5. The van der Waals surface area contributed by atoms with Crippen LogP contribution in [0.5, 0.6) is 0 Å². The average molecular weight is 270 g/mol. The number of ether oxygens (including phenoxy) is 3. The number of aliphatic hydroxyl groups excluding tert-OH is 1. The highest BCUT2D eigenvalue weighted by atomic mass is 16.7. The van der Waals surface area contributed by atoms with Crippen LogP contribution in [0.2, 0.25) is 0 Å². The second kappa shape index (κ2) is 6.03. The Kier molecular flexibility index (Phi) is 4.60. The second-order valence-electron chi connectivity index (χ2n) is 5.44. The van der Waals surface area contributed by atoms with Gasteiger partial charge in [-0.3, -0.25) is 0 Å². The summed E-state index contributed by atoms with van der Waals surface area (Å²) >= 11 is 0. The minimum atomic E-state index is -0.716. The summed E-state index contributed by atoms with van der Waals surface area (Å²) in [6.45, 7) is 6.26. The lowest BCUT2D eigenvalue weighted by atomic mass is 9.92. The molecule has 0 radical (unpaired) electrons. The number of hydrogen-bond acceptors (Lipinski definition) is 5. The van der Waals surface area contributed by atoms with Crippen LogP contribution < -0.4 is 0 Å². The Morgan fingerprint density at radius 1 is 1.53 bits per heavy atom. The van der Waals surface area contributed by atoms with Crippen LogP contribution >= 0.6 is 0 Å². The van der Waals surface area contributed by atoms with Crippen molar-refractivity contribution in [1.82, 2.24) is 0 Å². The molecule has 1 heterocycles. The van der Waals surface area contributed by atoms with Crippen molar-refractivity contribution in [2.75, 3.05) is 6.61 Å². The van der Waals surface area contributed by atoms with Gasteiger partial charge in [0.05, 0.1) is 12.7 Å². The molecule has 108 valence electrons. The third-order valence-electron chi connectivity index (χ3n) is 3.32. The van der Waals surface area contributed by atoms with E-state index in [0.717, 1.165) is 6.42 Å². The van der Waals surface area contributed by atoms with Gasteiger partial charge in [-0.15, -0.1) is 0 Å². The molecule has 5 heteroatoms. The van der Waals surface area contributed by atoms with Crippen molar-refractivity contribution in [1.29, 1.82) is 0 Å². The van der Waals surface area contributed by atoms with Gasteiger partial charge in [-0.1, -0.05) is 13.8 Å². The number of fused-ring (bicyclic) bond motifs is 1. The lowest BCUT2D eigenvalue weighted by Gasteiger charge is -2.26. The molecule has 4 atom stereocenters.